The lowest BCUT2D eigenvalue weighted by Gasteiger charge is -2.40. The van der Waals surface area contributed by atoms with Crippen LogP contribution in [0.15, 0.2) is 28.1 Å². The molecule has 0 spiro atoms. The van der Waals surface area contributed by atoms with Gasteiger partial charge < -0.3 is 10.5 Å². The van der Waals surface area contributed by atoms with Gasteiger partial charge in [-0.1, -0.05) is 19.4 Å². The Morgan fingerprint density at radius 3 is 2.30 bits per heavy atom. The van der Waals surface area contributed by atoms with E-state index in [0.29, 0.717) is 6.07 Å². The predicted octanol–water partition coefficient (Wildman–Crippen LogP) is 4.69. The lowest BCUT2D eigenvalue weighted by atomic mass is 10.2. The standard InChI is InChI=1S/C13H17F5N2O2S/c1-13(2,3)22-12(21)8-20-7-9-6-10(4-5-11(9)19)23(14,15,16,17)18/h4-7H,8,19H2,1-3H3. The van der Waals surface area contributed by atoms with Gasteiger partial charge in [0.1, 0.15) is 17.0 Å². The number of halogens is 5. The quantitative estimate of drug-likeness (QED) is 0.367. The van der Waals surface area contributed by atoms with Gasteiger partial charge in [0.15, 0.2) is 0 Å². The summed E-state index contributed by atoms with van der Waals surface area (Å²) in [4.78, 5) is 12.9. The maximum atomic E-state index is 12.7. The molecule has 0 heterocycles. The molecule has 0 aliphatic heterocycles. The summed E-state index contributed by atoms with van der Waals surface area (Å²) in [5.74, 6) is -0.712. The molecule has 10 heteroatoms. The Bertz CT molecular complexity index is 651. The van der Waals surface area contributed by atoms with Crippen LogP contribution in [0.1, 0.15) is 26.3 Å². The third-order valence-corrected chi connectivity index (χ3v) is 3.52. The van der Waals surface area contributed by atoms with Crippen molar-refractivity contribution in [1.82, 2.24) is 0 Å². The van der Waals surface area contributed by atoms with Crippen molar-refractivity contribution in [2.45, 2.75) is 31.3 Å². The van der Waals surface area contributed by atoms with Crippen LogP contribution in [-0.2, 0) is 9.53 Å². The van der Waals surface area contributed by atoms with E-state index in [9.17, 15) is 24.2 Å². The normalized spacial score (nSPS) is 16.0. The molecule has 0 bridgehead atoms. The second-order valence-corrected chi connectivity index (χ2v) is 8.23. The highest BCUT2D eigenvalue weighted by atomic mass is 32.5. The molecule has 1 aromatic carbocycles. The van der Waals surface area contributed by atoms with Gasteiger partial charge in [0.05, 0.1) is 0 Å². The van der Waals surface area contributed by atoms with Crippen molar-refractivity contribution in [3.63, 3.8) is 0 Å². The summed E-state index contributed by atoms with van der Waals surface area (Å²) in [7, 11) is -9.80. The maximum Gasteiger partial charge on any atom is 0.328 e. The molecule has 4 nitrogen and oxygen atoms in total. The monoisotopic (exact) mass is 360 g/mol. The van der Waals surface area contributed by atoms with E-state index >= 15 is 0 Å². The van der Waals surface area contributed by atoms with Crippen molar-refractivity contribution in [2.24, 2.45) is 4.99 Å². The van der Waals surface area contributed by atoms with Crippen LogP contribution < -0.4 is 5.73 Å². The lowest BCUT2D eigenvalue weighted by Crippen LogP contribution is -2.25. The van der Waals surface area contributed by atoms with Gasteiger partial charge in [-0.15, -0.1) is 0 Å². The molecule has 0 aliphatic carbocycles. The van der Waals surface area contributed by atoms with Gasteiger partial charge in [0.2, 0.25) is 0 Å². The SMILES string of the molecule is CC(C)(C)OC(=O)CN=Cc1cc(S(F)(F)(F)(F)F)ccc1N. The fourth-order valence-corrected chi connectivity index (χ4v) is 2.17. The zero-order valence-electron chi connectivity index (χ0n) is 12.7. The smallest absolute Gasteiger partial charge is 0.328 e. The molecule has 0 aliphatic rings. The molecule has 23 heavy (non-hydrogen) atoms. The molecule has 2 N–H and O–H groups in total. The van der Waals surface area contributed by atoms with E-state index in [1.807, 2.05) is 0 Å². The lowest BCUT2D eigenvalue weighted by molar-refractivity contribution is -0.152. The van der Waals surface area contributed by atoms with Crippen molar-refractivity contribution >= 4 is 28.1 Å². The van der Waals surface area contributed by atoms with Crippen LogP contribution in [0.2, 0.25) is 0 Å². The molecular formula is C13H17F5N2O2S. The number of carbonyl (C=O) groups is 1. The highest BCUT2D eigenvalue weighted by Crippen LogP contribution is 3.02. The number of carbonyl (C=O) groups excluding carboxylic acids is 1. The zero-order chi connectivity index (χ0) is 18.2. The number of hydrogen-bond donors (Lipinski definition) is 1. The van der Waals surface area contributed by atoms with Gasteiger partial charge in [0, 0.05) is 17.5 Å². The Labute approximate surface area is 130 Å². The Balaban J connectivity index is 2.99. The number of hydrogen-bond acceptors (Lipinski definition) is 4. The zero-order valence-corrected chi connectivity index (χ0v) is 13.5. The number of nitrogens with two attached hydrogens (primary N) is 1. The number of anilines is 1. The average molecular weight is 360 g/mol. The van der Waals surface area contributed by atoms with Crippen molar-refractivity contribution < 1.29 is 29.0 Å². The van der Waals surface area contributed by atoms with Gasteiger partial charge in [-0.05, 0) is 39.0 Å². The number of aliphatic imine (C=N–C) groups is 1. The van der Waals surface area contributed by atoms with Crippen molar-refractivity contribution in [1.29, 1.82) is 0 Å². The van der Waals surface area contributed by atoms with Gasteiger partial charge in [-0.3, -0.25) is 9.79 Å². The summed E-state index contributed by atoms with van der Waals surface area (Å²) < 4.78 is 68.6. The first kappa shape index (κ1) is 19.2. The number of rotatable bonds is 4. The second kappa shape index (κ2) is 5.08. The molecule has 0 atom stereocenters. The Hall–Kier alpha value is -1.84. The Morgan fingerprint density at radius 2 is 1.83 bits per heavy atom. The van der Waals surface area contributed by atoms with Crippen LogP contribution in [0.5, 0.6) is 0 Å². The maximum absolute atomic E-state index is 12.7. The van der Waals surface area contributed by atoms with Crippen LogP contribution in [0.25, 0.3) is 0 Å². The molecule has 0 radical (unpaired) electrons. The number of benzene rings is 1. The van der Waals surface area contributed by atoms with E-state index in [1.54, 1.807) is 20.8 Å². The molecule has 0 fully saturated rings. The highest BCUT2D eigenvalue weighted by molar-refractivity contribution is 8.45. The number of esters is 1. The van der Waals surface area contributed by atoms with E-state index in [4.69, 9.17) is 10.5 Å². The van der Waals surface area contributed by atoms with E-state index in [2.05, 4.69) is 4.99 Å². The molecule has 0 saturated carbocycles. The topological polar surface area (TPSA) is 64.7 Å². The fraction of sp³-hybridized carbons (Fsp3) is 0.385. The third kappa shape index (κ3) is 6.43. The van der Waals surface area contributed by atoms with Crippen LogP contribution in [0.4, 0.5) is 25.1 Å². The summed E-state index contributed by atoms with van der Waals surface area (Å²) in [5.41, 5.74) is 4.15. The average Bonchev–Trinajstić information content (AvgIpc) is 2.25. The second-order valence-electron chi connectivity index (χ2n) is 5.82. The van der Waals surface area contributed by atoms with Gasteiger partial charge in [-0.2, -0.15) is 0 Å². The molecule has 132 valence electrons. The van der Waals surface area contributed by atoms with Crippen molar-refractivity contribution in [2.75, 3.05) is 12.3 Å². The van der Waals surface area contributed by atoms with Crippen LogP contribution in [0.3, 0.4) is 0 Å². The predicted molar refractivity (Wildman–Crippen MR) is 80.6 cm³/mol. The summed E-state index contributed by atoms with van der Waals surface area (Å²) in [6.07, 6.45) is 0.826. The summed E-state index contributed by atoms with van der Waals surface area (Å²) in [5, 5.41) is 0. The minimum Gasteiger partial charge on any atom is -0.459 e. The van der Waals surface area contributed by atoms with E-state index in [1.165, 1.54) is 0 Å². The first-order chi connectivity index (χ1) is 9.98. The summed E-state index contributed by atoms with van der Waals surface area (Å²) in [6, 6.07) is 1.12. The largest absolute Gasteiger partial charge is 0.459 e. The van der Waals surface area contributed by atoms with Gasteiger partial charge in [-0.25, -0.2) is 0 Å². The van der Waals surface area contributed by atoms with E-state index in [0.717, 1.165) is 6.21 Å². The summed E-state index contributed by atoms with van der Waals surface area (Å²) in [6.45, 7) is 4.41. The van der Waals surface area contributed by atoms with Crippen LogP contribution >= 0.6 is 10.2 Å². The van der Waals surface area contributed by atoms with Crippen LogP contribution in [-0.4, -0.2) is 24.3 Å². The molecule has 0 unspecified atom stereocenters. The van der Waals surface area contributed by atoms with Gasteiger partial charge in [0.25, 0.3) is 0 Å². The number of nitrogens with zero attached hydrogens (tertiary/aromatic N) is 1. The first-order valence-electron chi connectivity index (χ1n) is 6.33. The van der Waals surface area contributed by atoms with E-state index in [-0.39, 0.29) is 23.4 Å². The molecular weight excluding hydrogens is 343 g/mol. The Kier molecular flexibility index (Phi) is 4.24. The Morgan fingerprint density at radius 1 is 1.26 bits per heavy atom. The number of nitrogen functional groups attached to an aromatic ring is 1. The number of ether oxygens (including phenoxy) is 1. The third-order valence-electron chi connectivity index (χ3n) is 2.37. The van der Waals surface area contributed by atoms with Crippen molar-refractivity contribution in [3.8, 4) is 0 Å². The fourth-order valence-electron chi connectivity index (χ4n) is 1.50. The summed E-state index contributed by atoms with van der Waals surface area (Å²) >= 11 is 0. The molecule has 1 rings (SSSR count). The molecule has 0 aromatic heterocycles. The first-order valence-corrected chi connectivity index (χ1v) is 8.28. The van der Waals surface area contributed by atoms with Crippen LogP contribution in [0, 0.1) is 0 Å². The van der Waals surface area contributed by atoms with E-state index < -0.39 is 33.2 Å². The minimum absolute atomic E-state index is 0.177. The van der Waals surface area contributed by atoms with Gasteiger partial charge >= 0.3 is 16.2 Å². The van der Waals surface area contributed by atoms with Crippen molar-refractivity contribution in [3.05, 3.63) is 23.8 Å². The molecule has 0 amide bonds. The molecule has 0 saturated heterocycles. The highest BCUT2D eigenvalue weighted by Gasteiger charge is 2.65. The minimum atomic E-state index is -9.80. The molecule has 1 aromatic rings.